The van der Waals surface area contributed by atoms with Crippen LogP contribution in [0.1, 0.15) is 62.4 Å². The van der Waals surface area contributed by atoms with E-state index < -0.39 is 0 Å². The molecule has 0 bridgehead atoms. The predicted octanol–water partition coefficient (Wildman–Crippen LogP) is 4.50. The Morgan fingerprint density at radius 2 is 1.91 bits per heavy atom. The summed E-state index contributed by atoms with van der Waals surface area (Å²) in [5.74, 6) is 0.493. The number of amides is 1. The Labute approximate surface area is 141 Å². The van der Waals surface area contributed by atoms with Crippen molar-refractivity contribution in [1.82, 2.24) is 10.2 Å². The fourth-order valence-electron chi connectivity index (χ4n) is 3.24. The maximum atomic E-state index is 12.9. The number of nitrogens with one attached hydrogen (secondary N) is 1. The van der Waals surface area contributed by atoms with Crippen LogP contribution in [-0.2, 0) is 10.2 Å². The highest BCUT2D eigenvalue weighted by Crippen LogP contribution is 2.44. The fourth-order valence-corrected chi connectivity index (χ4v) is 4.24. The summed E-state index contributed by atoms with van der Waals surface area (Å²) in [4.78, 5) is 12.9. The molecule has 1 aromatic carbocycles. The van der Waals surface area contributed by atoms with Gasteiger partial charge in [0.2, 0.25) is 11.0 Å². The third-order valence-corrected chi connectivity index (χ3v) is 5.97. The molecule has 1 fully saturated rings. The fraction of sp³-hybridized carbons (Fsp3) is 0.500. The lowest BCUT2D eigenvalue weighted by Gasteiger charge is -2.40. The molecule has 1 aromatic heterocycles. The Morgan fingerprint density at radius 3 is 2.48 bits per heavy atom. The summed E-state index contributed by atoms with van der Waals surface area (Å²) in [5.41, 5.74) is 0.718. The van der Waals surface area contributed by atoms with E-state index >= 15 is 0 Å². The van der Waals surface area contributed by atoms with Crippen LogP contribution in [-0.4, -0.2) is 16.1 Å². The van der Waals surface area contributed by atoms with E-state index in [1.165, 1.54) is 11.3 Å². The van der Waals surface area contributed by atoms with E-state index in [0.29, 0.717) is 11.0 Å². The van der Waals surface area contributed by atoms with Gasteiger partial charge in [-0.3, -0.25) is 10.1 Å². The van der Waals surface area contributed by atoms with Crippen molar-refractivity contribution < 1.29 is 4.79 Å². The molecular formula is C18H23N3OS. The molecular weight excluding hydrogens is 306 g/mol. The van der Waals surface area contributed by atoms with Crippen molar-refractivity contribution in [2.24, 2.45) is 0 Å². The molecule has 1 amide bonds. The van der Waals surface area contributed by atoms with E-state index in [1.807, 2.05) is 18.2 Å². The Kier molecular flexibility index (Phi) is 4.76. The van der Waals surface area contributed by atoms with Gasteiger partial charge in [0, 0.05) is 5.92 Å². The lowest BCUT2D eigenvalue weighted by atomic mass is 9.64. The van der Waals surface area contributed by atoms with Crippen molar-refractivity contribution in [3.63, 3.8) is 0 Å². The first-order valence-corrected chi connectivity index (χ1v) is 9.21. The van der Waals surface area contributed by atoms with Gasteiger partial charge in [-0.25, -0.2) is 0 Å². The van der Waals surface area contributed by atoms with Gasteiger partial charge in [0.15, 0.2) is 0 Å². The topological polar surface area (TPSA) is 54.9 Å². The summed E-state index contributed by atoms with van der Waals surface area (Å²) < 4.78 is 0. The normalized spacial score (nSPS) is 16.1. The number of hydrogen-bond donors (Lipinski definition) is 1. The van der Waals surface area contributed by atoms with Crippen molar-refractivity contribution >= 4 is 22.4 Å². The SMILES string of the molecule is CCC(CC)c1nnc(NC(=O)C2(c3ccccc3)CCC2)s1. The third kappa shape index (κ3) is 3.02. The highest BCUT2D eigenvalue weighted by Gasteiger charge is 2.45. The van der Waals surface area contributed by atoms with Crippen LogP contribution in [0, 0.1) is 0 Å². The molecule has 3 rings (SSSR count). The predicted molar refractivity (Wildman–Crippen MR) is 93.8 cm³/mol. The number of aromatic nitrogens is 2. The molecule has 1 heterocycles. The lowest BCUT2D eigenvalue weighted by molar-refractivity contribution is -0.124. The second-order valence-electron chi connectivity index (χ2n) is 6.21. The molecule has 1 aliphatic rings. The molecule has 0 atom stereocenters. The van der Waals surface area contributed by atoms with Gasteiger partial charge in [0.1, 0.15) is 5.01 Å². The molecule has 1 saturated carbocycles. The molecule has 1 N–H and O–H groups in total. The zero-order chi connectivity index (χ0) is 16.3. The maximum Gasteiger partial charge on any atom is 0.236 e. The molecule has 23 heavy (non-hydrogen) atoms. The van der Waals surface area contributed by atoms with Gasteiger partial charge < -0.3 is 0 Å². The van der Waals surface area contributed by atoms with E-state index in [9.17, 15) is 4.79 Å². The van der Waals surface area contributed by atoms with E-state index in [4.69, 9.17) is 0 Å². The van der Waals surface area contributed by atoms with Gasteiger partial charge >= 0.3 is 0 Å². The zero-order valence-electron chi connectivity index (χ0n) is 13.7. The quantitative estimate of drug-likeness (QED) is 0.849. The molecule has 0 spiro atoms. The maximum absolute atomic E-state index is 12.9. The first-order chi connectivity index (χ1) is 11.2. The molecule has 2 aromatic rings. The van der Waals surface area contributed by atoms with Gasteiger partial charge in [0.05, 0.1) is 5.41 Å². The second-order valence-corrected chi connectivity index (χ2v) is 7.22. The number of carbonyl (C=O) groups is 1. The van der Waals surface area contributed by atoms with E-state index in [0.717, 1.165) is 42.7 Å². The number of carbonyl (C=O) groups excluding carboxylic acids is 1. The average molecular weight is 329 g/mol. The van der Waals surface area contributed by atoms with Crippen molar-refractivity contribution in [1.29, 1.82) is 0 Å². The summed E-state index contributed by atoms with van der Waals surface area (Å²) in [5, 5.41) is 13.1. The van der Waals surface area contributed by atoms with Gasteiger partial charge in [-0.1, -0.05) is 61.9 Å². The minimum absolute atomic E-state index is 0.0576. The number of benzene rings is 1. The van der Waals surface area contributed by atoms with Crippen LogP contribution in [0.2, 0.25) is 0 Å². The monoisotopic (exact) mass is 329 g/mol. The number of anilines is 1. The lowest BCUT2D eigenvalue weighted by Crippen LogP contribution is -2.45. The molecule has 1 aliphatic carbocycles. The Balaban J connectivity index is 1.76. The Bertz CT molecular complexity index is 660. The molecule has 0 aliphatic heterocycles. The van der Waals surface area contributed by atoms with Gasteiger partial charge in [-0.15, -0.1) is 10.2 Å². The molecule has 0 unspecified atom stereocenters. The van der Waals surface area contributed by atoms with Crippen LogP contribution < -0.4 is 5.32 Å². The molecule has 4 nitrogen and oxygen atoms in total. The van der Waals surface area contributed by atoms with E-state index in [2.05, 4.69) is 41.5 Å². The van der Waals surface area contributed by atoms with Crippen molar-refractivity contribution in [2.45, 2.75) is 57.3 Å². The third-order valence-electron chi connectivity index (χ3n) is 4.96. The molecule has 5 heteroatoms. The highest BCUT2D eigenvalue weighted by molar-refractivity contribution is 7.15. The van der Waals surface area contributed by atoms with Crippen molar-refractivity contribution in [3.05, 3.63) is 40.9 Å². The average Bonchev–Trinajstić information content (AvgIpc) is 2.97. The summed E-state index contributed by atoms with van der Waals surface area (Å²) in [7, 11) is 0. The van der Waals surface area contributed by atoms with Gasteiger partial charge in [-0.2, -0.15) is 0 Å². The highest BCUT2D eigenvalue weighted by atomic mass is 32.1. The molecule has 0 radical (unpaired) electrons. The number of nitrogens with zero attached hydrogens (tertiary/aromatic N) is 2. The summed E-state index contributed by atoms with van der Waals surface area (Å²) in [6.07, 6.45) is 5.00. The number of rotatable bonds is 6. The zero-order valence-corrected chi connectivity index (χ0v) is 14.5. The summed E-state index contributed by atoms with van der Waals surface area (Å²) in [6.45, 7) is 4.32. The van der Waals surface area contributed by atoms with E-state index in [1.54, 1.807) is 0 Å². The second kappa shape index (κ2) is 6.79. The minimum atomic E-state index is -0.387. The van der Waals surface area contributed by atoms with Crippen LogP contribution in [0.3, 0.4) is 0 Å². The molecule has 122 valence electrons. The standard InChI is InChI=1S/C18H23N3OS/c1-3-13(4-2)15-20-21-17(23-15)19-16(22)18(11-8-12-18)14-9-6-5-7-10-14/h5-7,9-10,13H,3-4,8,11-12H2,1-2H3,(H,19,21,22). The van der Waals surface area contributed by atoms with E-state index in [-0.39, 0.29) is 11.3 Å². The van der Waals surface area contributed by atoms with Crippen LogP contribution in [0.15, 0.2) is 30.3 Å². The Hall–Kier alpha value is -1.75. The van der Waals surface area contributed by atoms with Gasteiger partial charge in [0.25, 0.3) is 0 Å². The first kappa shape index (κ1) is 16.1. The van der Waals surface area contributed by atoms with Crippen LogP contribution in [0.5, 0.6) is 0 Å². The van der Waals surface area contributed by atoms with Crippen LogP contribution >= 0.6 is 11.3 Å². The first-order valence-electron chi connectivity index (χ1n) is 8.40. The summed E-state index contributed by atoms with van der Waals surface area (Å²) >= 11 is 1.51. The Morgan fingerprint density at radius 1 is 1.22 bits per heavy atom. The minimum Gasteiger partial charge on any atom is -0.300 e. The van der Waals surface area contributed by atoms with Crippen LogP contribution in [0.4, 0.5) is 5.13 Å². The smallest absolute Gasteiger partial charge is 0.236 e. The molecule has 0 saturated heterocycles. The van der Waals surface area contributed by atoms with Crippen LogP contribution in [0.25, 0.3) is 0 Å². The van der Waals surface area contributed by atoms with Crippen molar-refractivity contribution in [3.8, 4) is 0 Å². The van der Waals surface area contributed by atoms with Crippen molar-refractivity contribution in [2.75, 3.05) is 5.32 Å². The summed E-state index contributed by atoms with van der Waals surface area (Å²) in [6, 6.07) is 10.1. The number of hydrogen-bond acceptors (Lipinski definition) is 4. The van der Waals surface area contributed by atoms with Gasteiger partial charge in [-0.05, 0) is 31.2 Å². The largest absolute Gasteiger partial charge is 0.300 e.